The standard InChI is InChI=1S/C15H16O2/c1-9-7-13(16)15(14(17)8-9)12-6-4-5-10(2)11(12)3/h4-8,16-17H,1-3H3. The predicted octanol–water partition coefficient (Wildman–Crippen LogP) is 3.69. The van der Waals surface area contributed by atoms with E-state index in [0.29, 0.717) is 5.56 Å². The van der Waals surface area contributed by atoms with Crippen molar-refractivity contribution in [2.45, 2.75) is 20.8 Å². The normalized spacial score (nSPS) is 10.5. The minimum atomic E-state index is 0.121. The summed E-state index contributed by atoms with van der Waals surface area (Å²) in [5.41, 5.74) is 4.44. The van der Waals surface area contributed by atoms with Crippen LogP contribution in [0.5, 0.6) is 11.5 Å². The van der Waals surface area contributed by atoms with Crippen molar-refractivity contribution in [2.75, 3.05) is 0 Å². The highest BCUT2D eigenvalue weighted by atomic mass is 16.3. The van der Waals surface area contributed by atoms with Crippen LogP contribution in [0.15, 0.2) is 30.3 Å². The second-order valence-electron chi connectivity index (χ2n) is 4.43. The van der Waals surface area contributed by atoms with Crippen LogP contribution < -0.4 is 0 Å². The van der Waals surface area contributed by atoms with E-state index in [-0.39, 0.29) is 11.5 Å². The third-order valence-electron chi connectivity index (χ3n) is 3.12. The molecular formula is C15H16O2. The van der Waals surface area contributed by atoms with Gasteiger partial charge in [-0.25, -0.2) is 0 Å². The molecule has 2 nitrogen and oxygen atoms in total. The van der Waals surface area contributed by atoms with Crippen LogP contribution >= 0.6 is 0 Å². The maximum atomic E-state index is 9.98. The summed E-state index contributed by atoms with van der Waals surface area (Å²) in [4.78, 5) is 0. The zero-order valence-electron chi connectivity index (χ0n) is 10.3. The predicted molar refractivity (Wildman–Crippen MR) is 69.4 cm³/mol. The van der Waals surface area contributed by atoms with E-state index >= 15 is 0 Å². The molecule has 0 fully saturated rings. The van der Waals surface area contributed by atoms with Gasteiger partial charge in [0.1, 0.15) is 11.5 Å². The van der Waals surface area contributed by atoms with Crippen LogP contribution in [0.1, 0.15) is 16.7 Å². The molecule has 0 unspecified atom stereocenters. The minimum absolute atomic E-state index is 0.121. The molecule has 0 amide bonds. The van der Waals surface area contributed by atoms with Crippen molar-refractivity contribution < 1.29 is 10.2 Å². The number of hydrogen-bond acceptors (Lipinski definition) is 2. The first kappa shape index (κ1) is 11.5. The van der Waals surface area contributed by atoms with Gasteiger partial charge in [0.15, 0.2) is 0 Å². The van der Waals surface area contributed by atoms with Crippen molar-refractivity contribution >= 4 is 0 Å². The summed E-state index contributed by atoms with van der Waals surface area (Å²) in [6.07, 6.45) is 0. The van der Waals surface area contributed by atoms with E-state index in [1.165, 1.54) is 0 Å². The Bertz CT molecular complexity index is 548. The van der Waals surface area contributed by atoms with Crippen LogP contribution in [-0.4, -0.2) is 10.2 Å². The largest absolute Gasteiger partial charge is 0.507 e. The van der Waals surface area contributed by atoms with Gasteiger partial charge in [0.25, 0.3) is 0 Å². The second kappa shape index (κ2) is 4.13. The number of hydrogen-bond donors (Lipinski definition) is 2. The topological polar surface area (TPSA) is 40.5 Å². The first-order chi connectivity index (χ1) is 8.00. The third kappa shape index (κ3) is 1.98. The molecule has 2 N–H and O–H groups in total. The first-order valence-corrected chi connectivity index (χ1v) is 5.60. The Morgan fingerprint density at radius 3 is 2.06 bits per heavy atom. The molecule has 0 aromatic heterocycles. The number of benzene rings is 2. The van der Waals surface area contributed by atoms with E-state index in [1.807, 2.05) is 39.0 Å². The van der Waals surface area contributed by atoms with Crippen molar-refractivity contribution in [3.63, 3.8) is 0 Å². The summed E-state index contributed by atoms with van der Waals surface area (Å²) in [7, 11) is 0. The molecule has 0 saturated carbocycles. The molecule has 2 aromatic carbocycles. The Hall–Kier alpha value is -1.96. The van der Waals surface area contributed by atoms with Crippen molar-refractivity contribution in [1.29, 1.82) is 0 Å². The summed E-state index contributed by atoms with van der Waals surface area (Å²) in [6.45, 7) is 5.84. The Labute approximate surface area is 101 Å². The van der Waals surface area contributed by atoms with Gasteiger partial charge < -0.3 is 10.2 Å². The third-order valence-corrected chi connectivity index (χ3v) is 3.12. The van der Waals surface area contributed by atoms with Crippen LogP contribution in [0.4, 0.5) is 0 Å². The lowest BCUT2D eigenvalue weighted by molar-refractivity contribution is 0.453. The fraction of sp³-hybridized carbons (Fsp3) is 0.200. The van der Waals surface area contributed by atoms with Gasteiger partial charge >= 0.3 is 0 Å². The SMILES string of the molecule is Cc1cc(O)c(-c2cccc(C)c2C)c(O)c1. The lowest BCUT2D eigenvalue weighted by atomic mass is 9.95. The van der Waals surface area contributed by atoms with Gasteiger partial charge in [-0.2, -0.15) is 0 Å². The van der Waals surface area contributed by atoms with Gasteiger partial charge in [-0.15, -0.1) is 0 Å². The molecule has 0 aliphatic heterocycles. The Morgan fingerprint density at radius 1 is 0.882 bits per heavy atom. The molecule has 0 heterocycles. The maximum Gasteiger partial charge on any atom is 0.127 e. The van der Waals surface area contributed by atoms with Crippen LogP contribution in [-0.2, 0) is 0 Å². The van der Waals surface area contributed by atoms with E-state index in [2.05, 4.69) is 0 Å². The summed E-state index contributed by atoms with van der Waals surface area (Å²) in [6, 6.07) is 9.18. The average Bonchev–Trinajstić information content (AvgIpc) is 2.23. The van der Waals surface area contributed by atoms with Crippen LogP contribution in [0.25, 0.3) is 11.1 Å². The zero-order valence-corrected chi connectivity index (χ0v) is 10.3. The van der Waals surface area contributed by atoms with Crippen LogP contribution in [0.2, 0.25) is 0 Å². The Morgan fingerprint density at radius 2 is 1.47 bits per heavy atom. The Kier molecular flexibility index (Phi) is 2.80. The Balaban J connectivity index is 2.73. The van der Waals surface area contributed by atoms with Crippen molar-refractivity contribution in [2.24, 2.45) is 0 Å². The van der Waals surface area contributed by atoms with Gasteiger partial charge in [0.2, 0.25) is 0 Å². The van der Waals surface area contributed by atoms with Crippen molar-refractivity contribution in [3.8, 4) is 22.6 Å². The fourth-order valence-corrected chi connectivity index (χ4v) is 2.05. The molecule has 17 heavy (non-hydrogen) atoms. The van der Waals surface area contributed by atoms with Crippen molar-refractivity contribution in [3.05, 3.63) is 47.0 Å². The number of aryl methyl sites for hydroxylation is 2. The number of aromatic hydroxyl groups is 2. The molecule has 0 saturated heterocycles. The smallest absolute Gasteiger partial charge is 0.127 e. The lowest BCUT2D eigenvalue weighted by Crippen LogP contribution is -1.89. The van der Waals surface area contributed by atoms with E-state index in [4.69, 9.17) is 0 Å². The van der Waals surface area contributed by atoms with E-state index in [0.717, 1.165) is 22.3 Å². The molecule has 0 aliphatic carbocycles. The van der Waals surface area contributed by atoms with Gasteiger partial charge in [0, 0.05) is 0 Å². The minimum Gasteiger partial charge on any atom is -0.507 e. The van der Waals surface area contributed by atoms with Gasteiger partial charge in [-0.05, 0) is 55.2 Å². The molecule has 0 bridgehead atoms. The molecule has 0 atom stereocenters. The van der Waals surface area contributed by atoms with E-state index in [1.54, 1.807) is 12.1 Å². The number of phenols is 2. The summed E-state index contributed by atoms with van der Waals surface area (Å²) in [5.74, 6) is 0.243. The van der Waals surface area contributed by atoms with Crippen molar-refractivity contribution in [1.82, 2.24) is 0 Å². The summed E-state index contributed by atoms with van der Waals surface area (Å²) >= 11 is 0. The highest BCUT2D eigenvalue weighted by Crippen LogP contribution is 2.40. The molecule has 0 aliphatic rings. The summed E-state index contributed by atoms with van der Waals surface area (Å²) < 4.78 is 0. The molecule has 0 radical (unpaired) electrons. The number of rotatable bonds is 1. The maximum absolute atomic E-state index is 9.98. The number of phenolic OH excluding ortho intramolecular Hbond substituents is 2. The zero-order chi connectivity index (χ0) is 12.6. The molecule has 2 aromatic rings. The first-order valence-electron chi connectivity index (χ1n) is 5.60. The molecule has 2 rings (SSSR count). The molecule has 0 spiro atoms. The monoisotopic (exact) mass is 228 g/mol. The molecular weight excluding hydrogens is 212 g/mol. The highest BCUT2D eigenvalue weighted by Gasteiger charge is 2.13. The quantitative estimate of drug-likeness (QED) is 0.781. The van der Waals surface area contributed by atoms with Crippen LogP contribution in [0, 0.1) is 20.8 Å². The second-order valence-corrected chi connectivity index (χ2v) is 4.43. The average molecular weight is 228 g/mol. The molecule has 88 valence electrons. The van der Waals surface area contributed by atoms with Gasteiger partial charge in [0.05, 0.1) is 5.56 Å². The lowest BCUT2D eigenvalue weighted by Gasteiger charge is -2.12. The van der Waals surface area contributed by atoms with Gasteiger partial charge in [-0.3, -0.25) is 0 Å². The summed E-state index contributed by atoms with van der Waals surface area (Å²) in [5, 5.41) is 20.0. The highest BCUT2D eigenvalue weighted by molar-refractivity contribution is 5.79. The molecule has 2 heteroatoms. The van der Waals surface area contributed by atoms with Gasteiger partial charge in [-0.1, -0.05) is 18.2 Å². The van der Waals surface area contributed by atoms with E-state index in [9.17, 15) is 10.2 Å². The van der Waals surface area contributed by atoms with E-state index < -0.39 is 0 Å². The fourth-order valence-electron chi connectivity index (χ4n) is 2.05. The van der Waals surface area contributed by atoms with Crippen LogP contribution in [0.3, 0.4) is 0 Å².